The van der Waals surface area contributed by atoms with E-state index in [-0.39, 0.29) is 0 Å². The van der Waals surface area contributed by atoms with Gasteiger partial charge in [-0.2, -0.15) is 11.8 Å². The van der Waals surface area contributed by atoms with E-state index in [9.17, 15) is 0 Å². The molecule has 1 aromatic heterocycles. The van der Waals surface area contributed by atoms with E-state index in [1.165, 1.54) is 18.6 Å². The highest BCUT2D eigenvalue weighted by molar-refractivity contribution is 9.11. The molecule has 1 atom stereocenters. The summed E-state index contributed by atoms with van der Waals surface area (Å²) in [5, 5.41) is 3.42. The van der Waals surface area contributed by atoms with Crippen molar-refractivity contribution in [1.29, 1.82) is 0 Å². The van der Waals surface area contributed by atoms with Crippen molar-refractivity contribution >= 4 is 49.4 Å². The molecule has 2 heterocycles. The molecule has 0 spiro atoms. The second-order valence-electron chi connectivity index (χ2n) is 4.24. The second-order valence-corrected chi connectivity index (χ2v) is 7.69. The minimum Gasteiger partial charge on any atom is -0.368 e. The first-order valence-corrected chi connectivity index (χ1v) is 7.85. The molecule has 0 aliphatic carbocycles. The molecular weight excluding hydrogens is 352 g/mol. The maximum atomic E-state index is 4.36. The normalized spacial score (nSPS) is 24.7. The predicted molar refractivity (Wildman–Crippen MR) is 78.2 cm³/mol. The van der Waals surface area contributed by atoms with Gasteiger partial charge in [-0.15, -0.1) is 0 Å². The lowest BCUT2D eigenvalue weighted by atomic mass is 10.1. The van der Waals surface area contributed by atoms with E-state index in [1.807, 2.05) is 12.3 Å². The van der Waals surface area contributed by atoms with Crippen LogP contribution in [0.25, 0.3) is 0 Å². The fourth-order valence-corrected chi connectivity index (χ4v) is 4.16. The van der Waals surface area contributed by atoms with Gasteiger partial charge in [-0.25, -0.2) is 4.98 Å². The zero-order chi connectivity index (χ0) is 11.6. The number of pyridine rings is 1. The predicted octanol–water partition coefficient (Wildman–Crippen LogP) is 4.30. The number of halogens is 2. The SMILES string of the molecule is CC1(CNc2ncc(Br)cc2Br)CCCS1. The zero-order valence-electron chi connectivity index (χ0n) is 9.09. The minimum atomic E-state index is 0.369. The van der Waals surface area contributed by atoms with Gasteiger partial charge in [-0.3, -0.25) is 0 Å². The Kier molecular flexibility index (Phi) is 4.19. The van der Waals surface area contributed by atoms with Crippen molar-refractivity contribution in [3.8, 4) is 0 Å². The van der Waals surface area contributed by atoms with Crippen LogP contribution in [0.3, 0.4) is 0 Å². The Labute approximate surface area is 117 Å². The van der Waals surface area contributed by atoms with Crippen LogP contribution in [-0.4, -0.2) is 22.0 Å². The maximum Gasteiger partial charge on any atom is 0.140 e. The lowest BCUT2D eigenvalue weighted by Crippen LogP contribution is -2.27. The number of thioether (sulfide) groups is 1. The van der Waals surface area contributed by atoms with Crippen molar-refractivity contribution in [2.45, 2.75) is 24.5 Å². The average Bonchev–Trinajstić information content (AvgIpc) is 2.64. The Morgan fingerprint density at radius 2 is 2.38 bits per heavy atom. The van der Waals surface area contributed by atoms with E-state index < -0.39 is 0 Å². The van der Waals surface area contributed by atoms with Gasteiger partial charge in [-0.1, -0.05) is 0 Å². The van der Waals surface area contributed by atoms with Crippen LogP contribution in [0.5, 0.6) is 0 Å². The zero-order valence-corrected chi connectivity index (χ0v) is 13.1. The number of hydrogen-bond donors (Lipinski definition) is 1. The third-order valence-electron chi connectivity index (χ3n) is 2.74. The van der Waals surface area contributed by atoms with Crippen LogP contribution < -0.4 is 5.32 Å². The quantitative estimate of drug-likeness (QED) is 0.864. The van der Waals surface area contributed by atoms with Gasteiger partial charge in [0.2, 0.25) is 0 Å². The molecule has 1 aliphatic rings. The van der Waals surface area contributed by atoms with Crippen molar-refractivity contribution in [2.75, 3.05) is 17.6 Å². The molecule has 0 radical (unpaired) electrons. The van der Waals surface area contributed by atoms with Crippen LogP contribution in [-0.2, 0) is 0 Å². The summed E-state index contributed by atoms with van der Waals surface area (Å²) in [5.74, 6) is 2.21. The van der Waals surface area contributed by atoms with E-state index >= 15 is 0 Å². The van der Waals surface area contributed by atoms with Crippen molar-refractivity contribution in [1.82, 2.24) is 4.98 Å². The molecule has 5 heteroatoms. The van der Waals surface area contributed by atoms with Crippen LogP contribution in [0, 0.1) is 0 Å². The molecule has 0 aromatic carbocycles. The van der Waals surface area contributed by atoms with Crippen molar-refractivity contribution in [3.63, 3.8) is 0 Å². The fourth-order valence-electron chi connectivity index (χ4n) is 1.79. The minimum absolute atomic E-state index is 0.369. The van der Waals surface area contributed by atoms with Crippen molar-refractivity contribution in [3.05, 3.63) is 21.2 Å². The number of nitrogens with zero attached hydrogens (tertiary/aromatic N) is 1. The van der Waals surface area contributed by atoms with Crippen LogP contribution in [0.4, 0.5) is 5.82 Å². The third-order valence-corrected chi connectivity index (χ3v) is 5.31. The van der Waals surface area contributed by atoms with E-state index in [1.54, 1.807) is 0 Å². The Morgan fingerprint density at radius 3 is 3.00 bits per heavy atom. The van der Waals surface area contributed by atoms with Gasteiger partial charge < -0.3 is 5.32 Å². The molecule has 2 rings (SSSR count). The van der Waals surface area contributed by atoms with Crippen molar-refractivity contribution < 1.29 is 0 Å². The fraction of sp³-hybridized carbons (Fsp3) is 0.545. The van der Waals surface area contributed by atoms with Crippen LogP contribution >= 0.6 is 43.6 Å². The summed E-state index contributed by atoms with van der Waals surface area (Å²) in [6, 6.07) is 2.01. The number of hydrogen-bond acceptors (Lipinski definition) is 3. The van der Waals surface area contributed by atoms with Gasteiger partial charge in [0.25, 0.3) is 0 Å². The molecule has 1 fully saturated rings. The number of rotatable bonds is 3. The first-order valence-electron chi connectivity index (χ1n) is 5.28. The highest BCUT2D eigenvalue weighted by Crippen LogP contribution is 2.38. The average molecular weight is 366 g/mol. The Bertz CT molecular complexity index is 378. The van der Waals surface area contributed by atoms with E-state index in [2.05, 4.69) is 60.8 Å². The Balaban J connectivity index is 1.99. The summed E-state index contributed by atoms with van der Waals surface area (Å²) < 4.78 is 2.37. The molecule has 1 saturated heterocycles. The lowest BCUT2D eigenvalue weighted by Gasteiger charge is -2.23. The number of aromatic nitrogens is 1. The first-order chi connectivity index (χ1) is 7.59. The van der Waals surface area contributed by atoms with Gasteiger partial charge in [0.05, 0.1) is 4.47 Å². The molecule has 0 bridgehead atoms. The van der Waals surface area contributed by atoms with Gasteiger partial charge in [0.1, 0.15) is 5.82 Å². The Morgan fingerprint density at radius 1 is 1.56 bits per heavy atom. The Hall–Kier alpha value is 0.260. The highest BCUT2D eigenvalue weighted by Gasteiger charge is 2.29. The molecule has 1 aliphatic heterocycles. The number of anilines is 1. The molecule has 16 heavy (non-hydrogen) atoms. The summed E-state index contributed by atoms with van der Waals surface area (Å²) in [6.45, 7) is 3.30. The lowest BCUT2D eigenvalue weighted by molar-refractivity contribution is 0.633. The summed E-state index contributed by atoms with van der Waals surface area (Å²) in [6.07, 6.45) is 4.44. The summed E-state index contributed by atoms with van der Waals surface area (Å²) in [5.41, 5.74) is 0. The van der Waals surface area contributed by atoms with Crippen LogP contribution in [0.15, 0.2) is 21.2 Å². The highest BCUT2D eigenvalue weighted by atomic mass is 79.9. The monoisotopic (exact) mass is 364 g/mol. The van der Waals surface area contributed by atoms with E-state index in [4.69, 9.17) is 0 Å². The van der Waals surface area contributed by atoms with Crippen LogP contribution in [0.2, 0.25) is 0 Å². The van der Waals surface area contributed by atoms with Gasteiger partial charge >= 0.3 is 0 Å². The smallest absolute Gasteiger partial charge is 0.140 e. The van der Waals surface area contributed by atoms with Gasteiger partial charge in [-0.05, 0) is 63.4 Å². The van der Waals surface area contributed by atoms with E-state index in [0.29, 0.717) is 4.75 Å². The molecule has 0 amide bonds. The summed E-state index contributed by atoms with van der Waals surface area (Å²) in [4.78, 5) is 4.36. The summed E-state index contributed by atoms with van der Waals surface area (Å²) >= 11 is 8.97. The molecule has 1 aromatic rings. The topological polar surface area (TPSA) is 24.9 Å². The van der Waals surface area contributed by atoms with Gasteiger partial charge in [0, 0.05) is 22.0 Å². The molecule has 2 nitrogen and oxygen atoms in total. The first kappa shape index (κ1) is 12.7. The summed E-state index contributed by atoms with van der Waals surface area (Å²) in [7, 11) is 0. The van der Waals surface area contributed by atoms with E-state index in [0.717, 1.165) is 21.3 Å². The molecule has 1 N–H and O–H groups in total. The molecule has 0 saturated carbocycles. The maximum absolute atomic E-state index is 4.36. The van der Waals surface area contributed by atoms with Crippen LogP contribution in [0.1, 0.15) is 19.8 Å². The molecular formula is C11H14Br2N2S. The standard InChI is InChI=1S/C11H14Br2N2S/c1-11(3-2-4-16-11)7-15-10-9(13)5-8(12)6-14-10/h5-6H,2-4,7H2,1H3,(H,14,15). The molecule has 1 unspecified atom stereocenters. The van der Waals surface area contributed by atoms with Crippen molar-refractivity contribution in [2.24, 2.45) is 0 Å². The second kappa shape index (κ2) is 5.27. The number of nitrogens with one attached hydrogen (secondary N) is 1. The van der Waals surface area contributed by atoms with Gasteiger partial charge in [0.15, 0.2) is 0 Å². The largest absolute Gasteiger partial charge is 0.368 e. The third kappa shape index (κ3) is 3.14. The molecule has 88 valence electrons.